The summed E-state index contributed by atoms with van der Waals surface area (Å²) in [4.78, 5) is 13.8. The minimum atomic E-state index is 0.448. The molecule has 4 aromatic rings. The van der Waals surface area contributed by atoms with E-state index in [4.69, 9.17) is 9.41 Å². The number of hydrogen-bond donors (Lipinski definition) is 0. The average molecular weight is 457 g/mol. The molecule has 7 rings (SSSR count). The van der Waals surface area contributed by atoms with Crippen molar-refractivity contribution in [3.8, 4) is 17.1 Å². The van der Waals surface area contributed by atoms with E-state index in [1.54, 1.807) is 6.20 Å². The van der Waals surface area contributed by atoms with Crippen LogP contribution in [0.1, 0.15) is 35.2 Å². The van der Waals surface area contributed by atoms with E-state index in [0.717, 1.165) is 44.3 Å². The number of imidazole rings is 1. The Bertz CT molecular complexity index is 1350. The number of halogens is 1. The van der Waals surface area contributed by atoms with E-state index < -0.39 is 0 Å². The summed E-state index contributed by atoms with van der Waals surface area (Å²) in [6, 6.07) is 15.2. The highest BCUT2D eigenvalue weighted by Gasteiger charge is 2.70. The molecule has 2 aromatic heterocycles. The lowest BCUT2D eigenvalue weighted by Gasteiger charge is -2.15. The average Bonchev–Trinajstić information content (AvgIpc) is 3.48. The summed E-state index contributed by atoms with van der Waals surface area (Å²) in [5.74, 6) is 1.56. The third-order valence-corrected chi connectivity index (χ3v) is 7.51. The molecule has 0 radical (unpaired) electrons. The standard InChI is InChI=1S/C24H17BrN4O/c25-18-4-2-1-3-16(18)22-17-7-14(24-8-15(24)9-24)5-6-19(17)29-12-28-23(20(29)10-27-22)21-11-26-13-30-21/h1-7,11-13,15H,8-10H2. The van der Waals surface area contributed by atoms with E-state index in [9.17, 15) is 0 Å². The first-order valence-electron chi connectivity index (χ1n) is 10.1. The molecule has 2 fully saturated rings. The molecule has 2 aliphatic carbocycles. The normalized spacial score (nSPS) is 23.1. The number of aromatic nitrogens is 3. The number of aliphatic imine (C=N–C) groups is 1. The van der Waals surface area contributed by atoms with Crippen LogP contribution in [0.15, 0.2) is 75.3 Å². The summed E-state index contributed by atoms with van der Waals surface area (Å²) in [6.45, 7) is 0.518. The number of rotatable bonds is 3. The molecule has 0 amide bonds. The zero-order valence-electron chi connectivity index (χ0n) is 16.0. The molecular formula is C24H17BrN4O. The number of nitrogens with zero attached hydrogens (tertiary/aromatic N) is 4. The molecule has 2 aromatic carbocycles. The largest absolute Gasteiger partial charge is 0.442 e. The van der Waals surface area contributed by atoms with Crippen molar-refractivity contribution in [3.05, 3.63) is 88.2 Å². The maximum absolute atomic E-state index is 5.54. The van der Waals surface area contributed by atoms with Gasteiger partial charge in [-0.25, -0.2) is 9.97 Å². The van der Waals surface area contributed by atoms with Gasteiger partial charge in [-0.05, 0) is 47.9 Å². The van der Waals surface area contributed by atoms with Gasteiger partial charge in [0.25, 0.3) is 0 Å². The number of benzene rings is 2. The highest BCUT2D eigenvalue weighted by molar-refractivity contribution is 9.10. The quantitative estimate of drug-likeness (QED) is 0.420. The van der Waals surface area contributed by atoms with Gasteiger partial charge in [-0.1, -0.05) is 40.2 Å². The van der Waals surface area contributed by atoms with Crippen LogP contribution in [0.25, 0.3) is 17.1 Å². The molecule has 3 heterocycles. The molecule has 3 aliphatic rings. The Hall–Kier alpha value is -2.99. The molecule has 146 valence electrons. The van der Waals surface area contributed by atoms with Crippen LogP contribution < -0.4 is 0 Å². The maximum Gasteiger partial charge on any atom is 0.181 e. The molecule has 5 nitrogen and oxygen atoms in total. The van der Waals surface area contributed by atoms with Gasteiger partial charge in [0.15, 0.2) is 12.2 Å². The predicted molar refractivity (Wildman–Crippen MR) is 117 cm³/mol. The topological polar surface area (TPSA) is 56.2 Å². The summed E-state index contributed by atoms with van der Waals surface area (Å²) in [5.41, 5.74) is 8.09. The predicted octanol–water partition coefficient (Wildman–Crippen LogP) is 5.30. The van der Waals surface area contributed by atoms with Crippen molar-refractivity contribution in [2.45, 2.75) is 24.8 Å². The van der Waals surface area contributed by atoms with Crippen molar-refractivity contribution < 1.29 is 4.42 Å². The second-order valence-corrected chi connectivity index (χ2v) is 9.27. The summed E-state index contributed by atoms with van der Waals surface area (Å²) < 4.78 is 8.74. The Morgan fingerprint density at radius 1 is 1.10 bits per heavy atom. The summed E-state index contributed by atoms with van der Waals surface area (Å²) >= 11 is 3.74. The molecule has 0 unspecified atom stereocenters. The SMILES string of the molecule is Brc1ccccc1C1=NCc2c(-c3cnco3)ncn2-c2ccc(C34CC3C4)cc21. The summed E-state index contributed by atoms with van der Waals surface area (Å²) in [6.07, 6.45) is 7.68. The first-order valence-corrected chi connectivity index (χ1v) is 10.9. The van der Waals surface area contributed by atoms with Crippen LogP contribution in [0.5, 0.6) is 0 Å². The molecule has 2 saturated carbocycles. The Balaban J connectivity index is 1.47. The Morgan fingerprint density at radius 2 is 1.97 bits per heavy atom. The zero-order chi connectivity index (χ0) is 19.9. The molecule has 0 spiro atoms. The van der Waals surface area contributed by atoms with Gasteiger partial charge in [0.2, 0.25) is 0 Å². The number of fused-ring (bicyclic) bond motifs is 4. The van der Waals surface area contributed by atoms with E-state index in [1.165, 1.54) is 24.8 Å². The van der Waals surface area contributed by atoms with Crippen LogP contribution in [0.2, 0.25) is 0 Å². The van der Waals surface area contributed by atoms with Gasteiger partial charge in [-0.3, -0.25) is 9.56 Å². The number of hydrogen-bond acceptors (Lipinski definition) is 4. The highest BCUT2D eigenvalue weighted by atomic mass is 79.9. The molecule has 0 atom stereocenters. The fourth-order valence-corrected chi connectivity index (χ4v) is 5.28. The van der Waals surface area contributed by atoms with Crippen LogP contribution >= 0.6 is 15.9 Å². The zero-order valence-corrected chi connectivity index (χ0v) is 17.6. The van der Waals surface area contributed by atoms with E-state index >= 15 is 0 Å². The summed E-state index contributed by atoms with van der Waals surface area (Å²) in [5, 5.41) is 0. The highest BCUT2D eigenvalue weighted by Crippen LogP contribution is 2.75. The second kappa shape index (κ2) is 5.79. The fourth-order valence-electron chi connectivity index (χ4n) is 4.81. The monoisotopic (exact) mass is 456 g/mol. The van der Waals surface area contributed by atoms with Crippen LogP contribution in [-0.4, -0.2) is 20.2 Å². The van der Waals surface area contributed by atoms with Crippen molar-refractivity contribution in [1.29, 1.82) is 0 Å². The third-order valence-electron chi connectivity index (χ3n) is 6.82. The van der Waals surface area contributed by atoms with Crippen molar-refractivity contribution in [1.82, 2.24) is 14.5 Å². The molecule has 0 N–H and O–H groups in total. The van der Waals surface area contributed by atoms with Gasteiger partial charge >= 0.3 is 0 Å². The van der Waals surface area contributed by atoms with E-state index in [0.29, 0.717) is 17.7 Å². The van der Waals surface area contributed by atoms with Crippen LogP contribution in [0, 0.1) is 5.92 Å². The minimum absolute atomic E-state index is 0.448. The van der Waals surface area contributed by atoms with Gasteiger partial charge in [0.05, 0.1) is 29.8 Å². The molecule has 0 bridgehead atoms. The first-order chi connectivity index (χ1) is 14.7. The van der Waals surface area contributed by atoms with Gasteiger partial charge in [-0.15, -0.1) is 0 Å². The molecule has 6 heteroatoms. The Morgan fingerprint density at radius 3 is 2.73 bits per heavy atom. The molecule has 0 saturated heterocycles. The molecule has 1 aliphatic heterocycles. The van der Waals surface area contributed by atoms with Gasteiger partial charge in [-0.2, -0.15) is 0 Å². The Labute approximate surface area is 181 Å². The van der Waals surface area contributed by atoms with Gasteiger partial charge < -0.3 is 4.42 Å². The van der Waals surface area contributed by atoms with Crippen molar-refractivity contribution in [3.63, 3.8) is 0 Å². The molecule has 30 heavy (non-hydrogen) atoms. The van der Waals surface area contributed by atoms with E-state index in [1.807, 2.05) is 12.4 Å². The minimum Gasteiger partial charge on any atom is -0.442 e. The Kier molecular flexibility index (Phi) is 3.24. The first kappa shape index (κ1) is 16.8. The molecular weight excluding hydrogens is 440 g/mol. The van der Waals surface area contributed by atoms with Crippen LogP contribution in [0.3, 0.4) is 0 Å². The smallest absolute Gasteiger partial charge is 0.181 e. The van der Waals surface area contributed by atoms with E-state index in [-0.39, 0.29) is 0 Å². The number of oxazole rings is 1. The lowest BCUT2D eigenvalue weighted by atomic mass is 9.94. The van der Waals surface area contributed by atoms with Crippen molar-refractivity contribution >= 4 is 21.6 Å². The van der Waals surface area contributed by atoms with Crippen LogP contribution in [0.4, 0.5) is 0 Å². The van der Waals surface area contributed by atoms with E-state index in [2.05, 4.69) is 66.9 Å². The lowest BCUT2D eigenvalue weighted by Crippen LogP contribution is -2.09. The third kappa shape index (κ3) is 2.25. The fraction of sp³-hybridized carbons (Fsp3) is 0.208. The summed E-state index contributed by atoms with van der Waals surface area (Å²) in [7, 11) is 0. The maximum atomic E-state index is 5.54. The second-order valence-electron chi connectivity index (χ2n) is 8.41. The lowest BCUT2D eigenvalue weighted by molar-refractivity contribution is 0.569. The van der Waals surface area contributed by atoms with Gasteiger partial charge in [0.1, 0.15) is 12.0 Å². The van der Waals surface area contributed by atoms with Crippen LogP contribution in [-0.2, 0) is 12.0 Å². The van der Waals surface area contributed by atoms with Crippen molar-refractivity contribution in [2.24, 2.45) is 10.9 Å². The van der Waals surface area contributed by atoms with Crippen molar-refractivity contribution in [2.75, 3.05) is 0 Å². The van der Waals surface area contributed by atoms with Gasteiger partial charge in [0, 0.05) is 15.6 Å².